The quantitative estimate of drug-likeness (QED) is 0.876. The van der Waals surface area contributed by atoms with E-state index in [9.17, 15) is 4.79 Å². The fourth-order valence-electron chi connectivity index (χ4n) is 2.28. The summed E-state index contributed by atoms with van der Waals surface area (Å²) in [5, 5.41) is 6.25. The van der Waals surface area contributed by atoms with Gasteiger partial charge in [0.05, 0.1) is 12.6 Å². The highest BCUT2D eigenvalue weighted by molar-refractivity contribution is 5.94. The van der Waals surface area contributed by atoms with Crippen LogP contribution in [0.2, 0.25) is 0 Å². The number of carbonyl (C=O) groups is 1. The van der Waals surface area contributed by atoms with Gasteiger partial charge in [0, 0.05) is 5.69 Å². The molecular weight excluding hydrogens is 240 g/mol. The zero-order chi connectivity index (χ0) is 13.5. The molecule has 1 amide bonds. The molecule has 104 valence electrons. The zero-order valence-electron chi connectivity index (χ0n) is 11.4. The highest BCUT2D eigenvalue weighted by atomic mass is 16.5. The molecule has 4 heteroatoms. The lowest BCUT2D eigenvalue weighted by atomic mass is 10.1. The minimum Gasteiger partial charge on any atom is -0.494 e. The summed E-state index contributed by atoms with van der Waals surface area (Å²) in [4.78, 5) is 12.1. The molecule has 1 heterocycles. The monoisotopic (exact) mass is 262 g/mol. The summed E-state index contributed by atoms with van der Waals surface area (Å²) in [5.41, 5.74) is 0.819. The molecule has 1 saturated heterocycles. The molecule has 0 aromatic heterocycles. The third-order valence-electron chi connectivity index (χ3n) is 3.31. The predicted molar refractivity (Wildman–Crippen MR) is 76.5 cm³/mol. The number of carbonyl (C=O) groups excluding carboxylic acids is 1. The number of amides is 1. The number of anilines is 1. The van der Waals surface area contributed by atoms with Crippen LogP contribution in [0.1, 0.15) is 32.6 Å². The Kier molecular flexibility index (Phi) is 5.21. The van der Waals surface area contributed by atoms with Gasteiger partial charge < -0.3 is 15.4 Å². The Morgan fingerprint density at radius 2 is 2.11 bits per heavy atom. The molecule has 1 aliphatic rings. The summed E-state index contributed by atoms with van der Waals surface area (Å²) in [6.07, 6.45) is 4.41. The normalized spacial score (nSPS) is 19.5. The summed E-state index contributed by atoms with van der Waals surface area (Å²) >= 11 is 0. The van der Waals surface area contributed by atoms with Crippen LogP contribution in [-0.4, -0.2) is 25.1 Å². The maximum Gasteiger partial charge on any atom is 0.241 e. The summed E-state index contributed by atoms with van der Waals surface area (Å²) in [5.74, 6) is 0.888. The highest BCUT2D eigenvalue weighted by Gasteiger charge is 2.19. The Hall–Kier alpha value is -1.55. The van der Waals surface area contributed by atoms with E-state index in [0.717, 1.165) is 37.2 Å². The number of nitrogens with one attached hydrogen (secondary N) is 2. The van der Waals surface area contributed by atoms with Crippen LogP contribution < -0.4 is 15.4 Å². The third-order valence-corrected chi connectivity index (χ3v) is 3.31. The number of benzene rings is 1. The van der Waals surface area contributed by atoms with Gasteiger partial charge in [-0.05, 0) is 50.6 Å². The molecule has 4 nitrogen and oxygen atoms in total. The Morgan fingerprint density at radius 3 is 2.84 bits per heavy atom. The van der Waals surface area contributed by atoms with E-state index in [-0.39, 0.29) is 11.9 Å². The van der Waals surface area contributed by atoms with Crippen LogP contribution in [0.3, 0.4) is 0 Å². The van der Waals surface area contributed by atoms with Crippen molar-refractivity contribution in [3.63, 3.8) is 0 Å². The van der Waals surface area contributed by atoms with Crippen molar-refractivity contribution in [2.75, 3.05) is 18.5 Å². The van der Waals surface area contributed by atoms with Crippen LogP contribution in [0, 0.1) is 0 Å². The van der Waals surface area contributed by atoms with Gasteiger partial charge in [-0.2, -0.15) is 0 Å². The number of ether oxygens (including phenoxy) is 1. The Balaban J connectivity index is 1.90. The van der Waals surface area contributed by atoms with Crippen LogP contribution >= 0.6 is 0 Å². The van der Waals surface area contributed by atoms with Crippen LogP contribution in [0.4, 0.5) is 5.69 Å². The van der Waals surface area contributed by atoms with E-state index in [2.05, 4.69) is 10.6 Å². The zero-order valence-corrected chi connectivity index (χ0v) is 11.4. The van der Waals surface area contributed by atoms with Crippen molar-refractivity contribution >= 4 is 11.6 Å². The SMILES string of the molecule is CCOc1ccc(NC(=O)C2CCCCCN2)cc1. The van der Waals surface area contributed by atoms with Crippen LogP contribution in [0.15, 0.2) is 24.3 Å². The number of hydrogen-bond donors (Lipinski definition) is 2. The summed E-state index contributed by atoms with van der Waals surface area (Å²) in [7, 11) is 0. The van der Waals surface area contributed by atoms with Crippen molar-refractivity contribution in [1.82, 2.24) is 5.32 Å². The molecule has 2 rings (SSSR count). The maximum absolute atomic E-state index is 12.1. The predicted octanol–water partition coefficient (Wildman–Crippen LogP) is 2.56. The molecule has 1 fully saturated rings. The first-order valence-electron chi connectivity index (χ1n) is 7.06. The minimum atomic E-state index is -0.0610. The van der Waals surface area contributed by atoms with Crippen molar-refractivity contribution in [2.45, 2.75) is 38.6 Å². The molecule has 1 aromatic carbocycles. The largest absolute Gasteiger partial charge is 0.494 e. The van der Waals surface area contributed by atoms with Gasteiger partial charge in [0.25, 0.3) is 0 Å². The molecule has 0 aliphatic carbocycles. The highest BCUT2D eigenvalue weighted by Crippen LogP contribution is 2.16. The second kappa shape index (κ2) is 7.14. The standard InChI is InChI=1S/C15H22N2O2/c1-2-19-13-9-7-12(8-10-13)17-15(18)14-6-4-3-5-11-16-14/h7-10,14,16H,2-6,11H2,1H3,(H,17,18). The first kappa shape index (κ1) is 13.9. The third kappa shape index (κ3) is 4.24. The lowest BCUT2D eigenvalue weighted by molar-refractivity contribution is -0.118. The lowest BCUT2D eigenvalue weighted by Gasteiger charge is -2.15. The molecule has 0 saturated carbocycles. The molecule has 2 N–H and O–H groups in total. The molecule has 0 spiro atoms. The van der Waals surface area contributed by atoms with Crippen molar-refractivity contribution in [3.05, 3.63) is 24.3 Å². The number of rotatable bonds is 4. The van der Waals surface area contributed by atoms with E-state index in [1.165, 1.54) is 6.42 Å². The molecule has 1 aromatic rings. The van der Waals surface area contributed by atoms with E-state index in [4.69, 9.17) is 4.74 Å². The summed E-state index contributed by atoms with van der Waals surface area (Å²) in [6, 6.07) is 7.44. The maximum atomic E-state index is 12.1. The smallest absolute Gasteiger partial charge is 0.241 e. The second-order valence-corrected chi connectivity index (χ2v) is 4.80. The van der Waals surface area contributed by atoms with Gasteiger partial charge in [-0.15, -0.1) is 0 Å². The van der Waals surface area contributed by atoms with E-state index < -0.39 is 0 Å². The minimum absolute atomic E-state index is 0.0610. The second-order valence-electron chi connectivity index (χ2n) is 4.80. The Morgan fingerprint density at radius 1 is 1.32 bits per heavy atom. The Bertz CT molecular complexity index is 395. The van der Waals surface area contributed by atoms with Crippen molar-refractivity contribution in [1.29, 1.82) is 0 Å². The lowest BCUT2D eigenvalue weighted by Crippen LogP contribution is -2.39. The summed E-state index contributed by atoms with van der Waals surface area (Å²) in [6.45, 7) is 3.53. The van der Waals surface area contributed by atoms with Gasteiger partial charge in [-0.3, -0.25) is 4.79 Å². The summed E-state index contributed by atoms with van der Waals surface area (Å²) < 4.78 is 5.37. The molecule has 0 radical (unpaired) electrons. The van der Waals surface area contributed by atoms with Gasteiger partial charge in [-0.25, -0.2) is 0 Å². The first-order valence-corrected chi connectivity index (χ1v) is 7.06. The van der Waals surface area contributed by atoms with Crippen molar-refractivity contribution in [3.8, 4) is 5.75 Å². The van der Waals surface area contributed by atoms with Gasteiger partial charge in [0.1, 0.15) is 5.75 Å². The molecule has 1 unspecified atom stereocenters. The topological polar surface area (TPSA) is 50.4 Å². The van der Waals surface area contributed by atoms with Crippen LogP contribution in [0.5, 0.6) is 5.75 Å². The first-order chi connectivity index (χ1) is 9.29. The average Bonchev–Trinajstić information content (AvgIpc) is 2.70. The molecule has 1 atom stereocenters. The van der Waals surface area contributed by atoms with Gasteiger partial charge in [0.2, 0.25) is 5.91 Å². The van der Waals surface area contributed by atoms with Crippen LogP contribution in [-0.2, 0) is 4.79 Å². The van der Waals surface area contributed by atoms with Crippen LogP contribution in [0.25, 0.3) is 0 Å². The molecule has 19 heavy (non-hydrogen) atoms. The average molecular weight is 262 g/mol. The van der Waals surface area contributed by atoms with E-state index in [0.29, 0.717) is 6.61 Å². The molecule has 0 bridgehead atoms. The van der Waals surface area contributed by atoms with E-state index >= 15 is 0 Å². The fraction of sp³-hybridized carbons (Fsp3) is 0.533. The van der Waals surface area contributed by atoms with E-state index in [1.54, 1.807) is 0 Å². The van der Waals surface area contributed by atoms with Gasteiger partial charge in [0.15, 0.2) is 0 Å². The Labute approximate surface area is 114 Å². The van der Waals surface area contributed by atoms with Crippen molar-refractivity contribution in [2.24, 2.45) is 0 Å². The fourth-order valence-corrected chi connectivity index (χ4v) is 2.28. The van der Waals surface area contributed by atoms with Gasteiger partial charge >= 0.3 is 0 Å². The number of hydrogen-bond acceptors (Lipinski definition) is 3. The molecule has 1 aliphatic heterocycles. The van der Waals surface area contributed by atoms with Gasteiger partial charge in [-0.1, -0.05) is 12.8 Å². The molecular formula is C15H22N2O2. The van der Waals surface area contributed by atoms with Crippen molar-refractivity contribution < 1.29 is 9.53 Å². The van der Waals surface area contributed by atoms with E-state index in [1.807, 2.05) is 31.2 Å².